The zero-order chi connectivity index (χ0) is 36.2. The van der Waals surface area contributed by atoms with Crippen LogP contribution in [0.4, 0.5) is 0 Å². The van der Waals surface area contributed by atoms with Gasteiger partial charge in [-0.25, -0.2) is 0 Å². The quantitative estimate of drug-likeness (QED) is 0.120. The standard InChI is InChI=1S/C54H40/c1-54(2)49-25-11-10-20-44(49)47-24-13-23-43(53(47)54)39-30-26-36(27-31-39)14-12-15-37-28-32-41(33-29-37)50-45-21-8-9-22-46(45)51(40-17-4-3-5-18-40)52-42-19-7-6-16-38(42)34-35-48(50)52/h3-13,15-35H,14H2,1-2H3/b15-12+. The van der Waals surface area contributed by atoms with Gasteiger partial charge in [0.1, 0.15) is 0 Å². The van der Waals surface area contributed by atoms with Crippen LogP contribution < -0.4 is 0 Å². The number of benzene rings is 9. The van der Waals surface area contributed by atoms with E-state index in [1.807, 2.05) is 0 Å². The zero-order valence-corrected chi connectivity index (χ0v) is 30.7. The van der Waals surface area contributed by atoms with Crippen molar-refractivity contribution in [2.45, 2.75) is 25.7 Å². The van der Waals surface area contributed by atoms with Gasteiger partial charge in [-0.3, -0.25) is 0 Å². The Bertz CT molecular complexity index is 2890. The smallest absolute Gasteiger partial charge is 0.0165 e. The monoisotopic (exact) mass is 688 g/mol. The minimum Gasteiger partial charge on any atom is -0.0795 e. The first kappa shape index (κ1) is 32.2. The van der Waals surface area contributed by atoms with Crippen molar-refractivity contribution in [3.05, 3.63) is 210 Å². The lowest BCUT2D eigenvalue weighted by Crippen LogP contribution is -2.16. The maximum absolute atomic E-state index is 2.36. The maximum atomic E-state index is 2.36. The van der Waals surface area contributed by atoms with Crippen LogP contribution in [0, 0.1) is 0 Å². The molecule has 54 heavy (non-hydrogen) atoms. The molecule has 9 aromatic carbocycles. The number of allylic oxidation sites excluding steroid dienone is 1. The first-order chi connectivity index (χ1) is 26.6. The van der Waals surface area contributed by atoms with Crippen LogP contribution in [-0.4, -0.2) is 0 Å². The Morgan fingerprint density at radius 2 is 1.04 bits per heavy atom. The second-order valence-electron chi connectivity index (χ2n) is 15.2. The number of fused-ring (bicyclic) bond motifs is 7. The topological polar surface area (TPSA) is 0 Å². The summed E-state index contributed by atoms with van der Waals surface area (Å²) >= 11 is 0. The van der Waals surface area contributed by atoms with Crippen LogP contribution >= 0.6 is 0 Å². The van der Waals surface area contributed by atoms with E-state index < -0.39 is 0 Å². The maximum Gasteiger partial charge on any atom is 0.0165 e. The molecule has 0 nitrogen and oxygen atoms in total. The van der Waals surface area contributed by atoms with Crippen molar-refractivity contribution >= 4 is 38.4 Å². The molecule has 0 saturated heterocycles. The van der Waals surface area contributed by atoms with Gasteiger partial charge in [0.15, 0.2) is 0 Å². The fourth-order valence-corrected chi connectivity index (χ4v) is 9.16. The SMILES string of the molecule is CC1(C)c2ccccc2-c2cccc(-c3ccc(C/C=C/c4ccc(-c5c6ccccc6c(-c6ccccc6)c6c5ccc5ccccc56)cc4)cc3)c21. The third-order valence-electron chi connectivity index (χ3n) is 11.7. The molecule has 0 aromatic heterocycles. The molecule has 0 aliphatic heterocycles. The summed E-state index contributed by atoms with van der Waals surface area (Å²) in [6, 6.07) is 67.1. The van der Waals surface area contributed by atoms with Gasteiger partial charge < -0.3 is 0 Å². The molecule has 0 atom stereocenters. The van der Waals surface area contributed by atoms with Crippen molar-refractivity contribution in [3.8, 4) is 44.5 Å². The molecule has 0 bridgehead atoms. The van der Waals surface area contributed by atoms with E-state index in [4.69, 9.17) is 0 Å². The summed E-state index contributed by atoms with van der Waals surface area (Å²) < 4.78 is 0. The van der Waals surface area contributed by atoms with Gasteiger partial charge in [-0.15, -0.1) is 0 Å². The van der Waals surface area contributed by atoms with Gasteiger partial charge in [0, 0.05) is 5.41 Å². The minimum absolute atomic E-state index is 0.0281. The van der Waals surface area contributed by atoms with Crippen LogP contribution in [0.3, 0.4) is 0 Å². The van der Waals surface area contributed by atoms with Crippen molar-refractivity contribution in [2.24, 2.45) is 0 Å². The second kappa shape index (κ2) is 12.9. The lowest BCUT2D eigenvalue weighted by Gasteiger charge is -2.24. The van der Waals surface area contributed by atoms with Gasteiger partial charge in [0.2, 0.25) is 0 Å². The van der Waals surface area contributed by atoms with E-state index in [1.54, 1.807) is 0 Å². The fraction of sp³-hybridized carbons (Fsp3) is 0.0741. The highest BCUT2D eigenvalue weighted by atomic mass is 14.4. The molecule has 0 spiro atoms. The zero-order valence-electron chi connectivity index (χ0n) is 30.7. The van der Waals surface area contributed by atoms with E-state index in [1.165, 1.54) is 99.1 Å². The molecule has 10 rings (SSSR count). The van der Waals surface area contributed by atoms with Gasteiger partial charge in [-0.05, 0) is 105 Å². The molecule has 1 aliphatic rings. The molecule has 0 radical (unpaired) electrons. The average Bonchev–Trinajstić information content (AvgIpc) is 3.47. The predicted octanol–water partition coefficient (Wildman–Crippen LogP) is 14.7. The van der Waals surface area contributed by atoms with Gasteiger partial charge >= 0.3 is 0 Å². The molecular weight excluding hydrogens is 649 g/mol. The summed E-state index contributed by atoms with van der Waals surface area (Å²) in [7, 11) is 0. The van der Waals surface area contributed by atoms with Crippen molar-refractivity contribution in [1.29, 1.82) is 0 Å². The summed E-state index contributed by atoms with van der Waals surface area (Å²) in [5.74, 6) is 0. The van der Waals surface area contributed by atoms with Crippen molar-refractivity contribution in [1.82, 2.24) is 0 Å². The van der Waals surface area contributed by atoms with Gasteiger partial charge in [0.05, 0.1) is 0 Å². The highest BCUT2D eigenvalue weighted by Gasteiger charge is 2.37. The Labute approximate surface area is 317 Å². The normalized spacial score (nSPS) is 13.1. The highest BCUT2D eigenvalue weighted by Crippen LogP contribution is 2.52. The molecule has 0 heteroatoms. The Morgan fingerprint density at radius 1 is 0.426 bits per heavy atom. The molecule has 256 valence electrons. The summed E-state index contributed by atoms with van der Waals surface area (Å²) in [4.78, 5) is 0. The van der Waals surface area contributed by atoms with Gasteiger partial charge in [-0.1, -0.05) is 208 Å². The van der Waals surface area contributed by atoms with Crippen LogP contribution in [0.25, 0.3) is 82.9 Å². The van der Waals surface area contributed by atoms with E-state index in [0.29, 0.717) is 0 Å². The minimum atomic E-state index is -0.0281. The summed E-state index contributed by atoms with van der Waals surface area (Å²) in [5.41, 5.74) is 15.8. The van der Waals surface area contributed by atoms with Crippen molar-refractivity contribution < 1.29 is 0 Å². The van der Waals surface area contributed by atoms with Crippen molar-refractivity contribution in [3.63, 3.8) is 0 Å². The van der Waals surface area contributed by atoms with Gasteiger partial charge in [-0.2, -0.15) is 0 Å². The van der Waals surface area contributed by atoms with E-state index in [2.05, 4.69) is 208 Å². The Hall–Kier alpha value is -6.50. The van der Waals surface area contributed by atoms with Crippen LogP contribution in [-0.2, 0) is 11.8 Å². The highest BCUT2D eigenvalue weighted by molar-refractivity contribution is 6.27. The molecule has 0 N–H and O–H groups in total. The van der Waals surface area contributed by atoms with E-state index in [0.717, 1.165) is 6.42 Å². The molecule has 0 heterocycles. The Morgan fingerprint density at radius 3 is 1.83 bits per heavy atom. The summed E-state index contributed by atoms with van der Waals surface area (Å²) in [6.07, 6.45) is 5.43. The van der Waals surface area contributed by atoms with Crippen LogP contribution in [0.15, 0.2) is 188 Å². The molecule has 0 saturated carbocycles. The van der Waals surface area contributed by atoms with E-state index >= 15 is 0 Å². The third-order valence-corrected chi connectivity index (χ3v) is 11.7. The second-order valence-corrected chi connectivity index (χ2v) is 15.2. The van der Waals surface area contributed by atoms with E-state index in [-0.39, 0.29) is 5.41 Å². The molecule has 0 amide bonds. The number of hydrogen-bond acceptors (Lipinski definition) is 0. The summed E-state index contributed by atoms with van der Waals surface area (Å²) in [5, 5.41) is 7.70. The lowest BCUT2D eigenvalue weighted by atomic mass is 9.79. The third kappa shape index (κ3) is 5.21. The summed E-state index contributed by atoms with van der Waals surface area (Å²) in [6.45, 7) is 4.72. The molecule has 0 fully saturated rings. The Balaban J connectivity index is 0.958. The molecule has 9 aromatic rings. The van der Waals surface area contributed by atoms with Crippen LogP contribution in [0.1, 0.15) is 36.1 Å². The van der Waals surface area contributed by atoms with Crippen LogP contribution in [0.2, 0.25) is 0 Å². The first-order valence-corrected chi connectivity index (χ1v) is 19.1. The number of hydrogen-bond donors (Lipinski definition) is 0. The predicted molar refractivity (Wildman–Crippen MR) is 232 cm³/mol. The Kier molecular flexibility index (Phi) is 7.67. The number of rotatable bonds is 6. The molecule has 1 aliphatic carbocycles. The molecular formula is C54H40. The average molecular weight is 689 g/mol. The van der Waals surface area contributed by atoms with Crippen LogP contribution in [0.5, 0.6) is 0 Å². The lowest BCUT2D eigenvalue weighted by molar-refractivity contribution is 0.662. The van der Waals surface area contributed by atoms with E-state index in [9.17, 15) is 0 Å². The fourth-order valence-electron chi connectivity index (χ4n) is 9.16. The first-order valence-electron chi connectivity index (χ1n) is 19.1. The largest absolute Gasteiger partial charge is 0.0795 e. The van der Waals surface area contributed by atoms with Crippen molar-refractivity contribution in [2.75, 3.05) is 0 Å². The molecule has 0 unspecified atom stereocenters. The van der Waals surface area contributed by atoms with Gasteiger partial charge in [0.25, 0.3) is 0 Å².